The number of halogens is 2. The maximum Gasteiger partial charge on any atom is 0.251 e. The van der Waals surface area contributed by atoms with Gasteiger partial charge in [0.25, 0.3) is 5.91 Å². The minimum atomic E-state index is -0.0652. The molecule has 3 nitrogen and oxygen atoms in total. The molecule has 0 atom stereocenters. The Labute approximate surface area is 107 Å². The number of rotatable bonds is 5. The molecule has 0 heterocycles. The van der Waals surface area contributed by atoms with E-state index in [0.717, 1.165) is 13.1 Å². The molecule has 0 aliphatic heterocycles. The topological polar surface area (TPSA) is 41.1 Å². The quantitative estimate of drug-likeness (QED) is 0.799. The van der Waals surface area contributed by atoms with Crippen molar-refractivity contribution in [2.24, 2.45) is 0 Å². The highest BCUT2D eigenvalue weighted by Gasteiger charge is 2.03. The molecule has 0 aliphatic rings. The zero-order valence-corrected chi connectivity index (χ0v) is 10.7. The van der Waals surface area contributed by atoms with Crippen molar-refractivity contribution in [3.05, 3.63) is 34.9 Å². The fourth-order valence-electron chi connectivity index (χ4n) is 1.14. The predicted octanol–water partition coefficient (Wildman–Crippen LogP) is 2.10. The van der Waals surface area contributed by atoms with Crippen LogP contribution in [0, 0.1) is 0 Å². The molecule has 1 amide bonds. The second kappa shape index (κ2) is 8.39. The lowest BCUT2D eigenvalue weighted by atomic mass is 10.2. The maximum absolute atomic E-state index is 11.5. The van der Waals surface area contributed by atoms with Crippen LogP contribution < -0.4 is 10.6 Å². The van der Waals surface area contributed by atoms with E-state index in [4.69, 9.17) is 11.6 Å². The van der Waals surface area contributed by atoms with Gasteiger partial charge in [-0.1, -0.05) is 18.5 Å². The number of likely N-dealkylation sites (N-methyl/N-ethyl adjacent to an activating group) is 1. The van der Waals surface area contributed by atoms with Crippen LogP contribution in [0.3, 0.4) is 0 Å². The molecule has 0 fully saturated rings. The van der Waals surface area contributed by atoms with Crippen LogP contribution >= 0.6 is 24.0 Å². The van der Waals surface area contributed by atoms with Gasteiger partial charge in [0.1, 0.15) is 0 Å². The molecule has 1 aromatic carbocycles. The van der Waals surface area contributed by atoms with Crippen molar-refractivity contribution < 1.29 is 4.79 Å². The third kappa shape index (κ3) is 5.35. The SMILES string of the molecule is CCNCCNC(=O)c1ccc(Cl)cc1.Cl. The number of amides is 1. The van der Waals surface area contributed by atoms with E-state index >= 15 is 0 Å². The minimum absolute atomic E-state index is 0. The van der Waals surface area contributed by atoms with Crippen LogP contribution in [0.2, 0.25) is 5.02 Å². The Balaban J connectivity index is 0.00000225. The molecule has 0 bridgehead atoms. The lowest BCUT2D eigenvalue weighted by Crippen LogP contribution is -2.31. The van der Waals surface area contributed by atoms with Crippen LogP contribution in [0.15, 0.2) is 24.3 Å². The molecule has 0 saturated heterocycles. The van der Waals surface area contributed by atoms with Crippen molar-refractivity contribution in [3.8, 4) is 0 Å². The Morgan fingerprint density at radius 2 is 1.88 bits per heavy atom. The monoisotopic (exact) mass is 262 g/mol. The van der Waals surface area contributed by atoms with Crippen molar-refractivity contribution in [1.29, 1.82) is 0 Å². The van der Waals surface area contributed by atoms with Gasteiger partial charge in [0.15, 0.2) is 0 Å². The Morgan fingerprint density at radius 1 is 1.25 bits per heavy atom. The summed E-state index contributed by atoms with van der Waals surface area (Å²) in [7, 11) is 0. The molecular weight excluding hydrogens is 247 g/mol. The zero-order valence-electron chi connectivity index (χ0n) is 9.13. The second-order valence-corrected chi connectivity index (χ2v) is 3.55. The molecular formula is C11H16Cl2N2O. The van der Waals surface area contributed by atoms with E-state index in [0.29, 0.717) is 17.1 Å². The number of nitrogens with one attached hydrogen (secondary N) is 2. The molecule has 90 valence electrons. The van der Waals surface area contributed by atoms with Gasteiger partial charge in [0.05, 0.1) is 0 Å². The first-order valence-corrected chi connectivity index (χ1v) is 5.36. The van der Waals surface area contributed by atoms with Crippen molar-refractivity contribution >= 4 is 29.9 Å². The molecule has 2 N–H and O–H groups in total. The van der Waals surface area contributed by atoms with Gasteiger partial charge in [0, 0.05) is 23.7 Å². The summed E-state index contributed by atoms with van der Waals surface area (Å²) in [6, 6.07) is 6.84. The largest absolute Gasteiger partial charge is 0.351 e. The first-order valence-electron chi connectivity index (χ1n) is 4.98. The molecule has 1 rings (SSSR count). The van der Waals surface area contributed by atoms with Crippen molar-refractivity contribution in [2.45, 2.75) is 6.92 Å². The van der Waals surface area contributed by atoms with Crippen molar-refractivity contribution in [3.63, 3.8) is 0 Å². The van der Waals surface area contributed by atoms with Crippen LogP contribution in [0.25, 0.3) is 0 Å². The van der Waals surface area contributed by atoms with E-state index in [1.54, 1.807) is 24.3 Å². The van der Waals surface area contributed by atoms with Gasteiger partial charge in [-0.15, -0.1) is 12.4 Å². The summed E-state index contributed by atoms with van der Waals surface area (Å²) in [5.74, 6) is -0.0652. The Hall–Kier alpha value is -0.770. The average molecular weight is 263 g/mol. The fraction of sp³-hybridized carbons (Fsp3) is 0.364. The number of hydrogen-bond donors (Lipinski definition) is 2. The van der Waals surface area contributed by atoms with Gasteiger partial charge in [0.2, 0.25) is 0 Å². The van der Waals surface area contributed by atoms with E-state index in [9.17, 15) is 4.79 Å². The summed E-state index contributed by atoms with van der Waals surface area (Å²) >= 11 is 5.72. The van der Waals surface area contributed by atoms with Gasteiger partial charge < -0.3 is 10.6 Å². The predicted molar refractivity (Wildman–Crippen MR) is 69.6 cm³/mol. The highest BCUT2D eigenvalue weighted by molar-refractivity contribution is 6.30. The average Bonchev–Trinajstić information content (AvgIpc) is 2.25. The fourth-order valence-corrected chi connectivity index (χ4v) is 1.27. The first-order chi connectivity index (χ1) is 7.24. The number of hydrogen-bond acceptors (Lipinski definition) is 2. The normalized spacial score (nSPS) is 9.38. The van der Waals surface area contributed by atoms with E-state index in [1.807, 2.05) is 6.92 Å². The van der Waals surface area contributed by atoms with E-state index in [2.05, 4.69) is 10.6 Å². The number of carbonyl (C=O) groups excluding carboxylic acids is 1. The smallest absolute Gasteiger partial charge is 0.251 e. The summed E-state index contributed by atoms with van der Waals surface area (Å²) in [6.07, 6.45) is 0. The third-order valence-corrected chi connectivity index (χ3v) is 2.20. The van der Waals surface area contributed by atoms with Crippen molar-refractivity contribution in [1.82, 2.24) is 10.6 Å². The third-order valence-electron chi connectivity index (χ3n) is 1.94. The summed E-state index contributed by atoms with van der Waals surface area (Å²) in [6.45, 7) is 4.36. The van der Waals surface area contributed by atoms with Crippen LogP contribution in [0.5, 0.6) is 0 Å². The van der Waals surface area contributed by atoms with Gasteiger partial charge in [-0.2, -0.15) is 0 Å². The molecule has 0 saturated carbocycles. The molecule has 0 aromatic heterocycles. The number of carbonyl (C=O) groups is 1. The molecule has 5 heteroatoms. The van der Waals surface area contributed by atoms with Crippen LogP contribution in [-0.2, 0) is 0 Å². The Kier molecular flexibility index (Phi) is 7.99. The molecule has 0 radical (unpaired) electrons. The molecule has 0 spiro atoms. The van der Waals surface area contributed by atoms with Gasteiger partial charge in [-0.3, -0.25) is 4.79 Å². The molecule has 0 aliphatic carbocycles. The van der Waals surface area contributed by atoms with Crippen LogP contribution in [0.4, 0.5) is 0 Å². The van der Waals surface area contributed by atoms with Crippen molar-refractivity contribution in [2.75, 3.05) is 19.6 Å². The summed E-state index contributed by atoms with van der Waals surface area (Å²) in [4.78, 5) is 11.5. The van der Waals surface area contributed by atoms with Gasteiger partial charge in [-0.25, -0.2) is 0 Å². The lowest BCUT2D eigenvalue weighted by Gasteiger charge is -2.05. The van der Waals surface area contributed by atoms with Crippen LogP contribution in [-0.4, -0.2) is 25.5 Å². The summed E-state index contributed by atoms with van der Waals surface area (Å²) in [5, 5.41) is 6.58. The minimum Gasteiger partial charge on any atom is -0.351 e. The standard InChI is InChI=1S/C11H15ClN2O.ClH/c1-2-13-7-8-14-11(15)9-3-5-10(12)6-4-9;/h3-6,13H,2,7-8H2,1H3,(H,14,15);1H. The first kappa shape index (κ1) is 15.2. The van der Waals surface area contributed by atoms with E-state index in [-0.39, 0.29) is 18.3 Å². The van der Waals surface area contributed by atoms with Gasteiger partial charge in [-0.05, 0) is 30.8 Å². The molecule has 1 aromatic rings. The lowest BCUT2D eigenvalue weighted by molar-refractivity contribution is 0.0954. The highest BCUT2D eigenvalue weighted by Crippen LogP contribution is 2.08. The van der Waals surface area contributed by atoms with E-state index in [1.165, 1.54) is 0 Å². The second-order valence-electron chi connectivity index (χ2n) is 3.12. The number of benzene rings is 1. The zero-order chi connectivity index (χ0) is 11.1. The summed E-state index contributed by atoms with van der Waals surface area (Å²) < 4.78 is 0. The molecule has 0 unspecified atom stereocenters. The highest BCUT2D eigenvalue weighted by atomic mass is 35.5. The molecule has 16 heavy (non-hydrogen) atoms. The van der Waals surface area contributed by atoms with Gasteiger partial charge >= 0.3 is 0 Å². The Bertz CT molecular complexity index is 314. The summed E-state index contributed by atoms with van der Waals surface area (Å²) in [5.41, 5.74) is 0.635. The maximum atomic E-state index is 11.5. The Morgan fingerprint density at radius 3 is 2.44 bits per heavy atom. The van der Waals surface area contributed by atoms with Crippen LogP contribution in [0.1, 0.15) is 17.3 Å². The van der Waals surface area contributed by atoms with E-state index < -0.39 is 0 Å².